The third kappa shape index (κ3) is 5.32. The van der Waals surface area contributed by atoms with Gasteiger partial charge in [0.05, 0.1) is 21.3 Å². The maximum Gasteiger partial charge on any atom is 0.225 e. The predicted molar refractivity (Wildman–Crippen MR) is 91.7 cm³/mol. The highest BCUT2D eigenvalue weighted by atomic mass is 16.5. The number of anilines is 1. The molecule has 0 aliphatic rings. The van der Waals surface area contributed by atoms with Crippen molar-refractivity contribution in [2.75, 3.05) is 40.2 Å². The zero-order valence-electron chi connectivity index (χ0n) is 14.9. The van der Waals surface area contributed by atoms with E-state index in [1.807, 2.05) is 7.05 Å². The van der Waals surface area contributed by atoms with Gasteiger partial charge in [0, 0.05) is 36.8 Å². The lowest BCUT2D eigenvalue weighted by atomic mass is 10.2. The third-order valence-corrected chi connectivity index (χ3v) is 3.98. The first-order chi connectivity index (χ1) is 11.0. The molecule has 1 unspecified atom stereocenters. The van der Waals surface area contributed by atoms with Crippen LogP contribution in [0.5, 0.6) is 17.2 Å². The molecule has 0 bridgehead atoms. The van der Waals surface area contributed by atoms with Crippen molar-refractivity contribution in [1.29, 1.82) is 0 Å². The standard InChI is InChI=1S/C17H28N2O4/c1-7-12(2)19(3)9-8-16(20)18-13-10-14(21-4)17(23-6)15(11-13)22-5/h10-12H,7-9H2,1-6H3,(H,18,20). The van der Waals surface area contributed by atoms with Crippen LogP contribution >= 0.6 is 0 Å². The molecule has 0 aromatic heterocycles. The van der Waals surface area contributed by atoms with Gasteiger partial charge in [-0.05, 0) is 20.4 Å². The van der Waals surface area contributed by atoms with Crippen LogP contribution in [0.2, 0.25) is 0 Å². The number of nitrogens with zero attached hydrogens (tertiary/aromatic N) is 1. The molecule has 0 spiro atoms. The summed E-state index contributed by atoms with van der Waals surface area (Å²) in [5, 5.41) is 2.87. The normalized spacial score (nSPS) is 12.0. The molecule has 1 atom stereocenters. The molecule has 6 nitrogen and oxygen atoms in total. The molecule has 6 heteroatoms. The summed E-state index contributed by atoms with van der Waals surface area (Å²) in [7, 11) is 6.66. The molecular weight excluding hydrogens is 296 g/mol. The van der Waals surface area contributed by atoms with Crippen molar-refractivity contribution in [1.82, 2.24) is 4.90 Å². The number of rotatable bonds is 9. The summed E-state index contributed by atoms with van der Waals surface area (Å²) in [4.78, 5) is 14.3. The van der Waals surface area contributed by atoms with Gasteiger partial charge in [0.2, 0.25) is 11.7 Å². The Morgan fingerprint density at radius 1 is 1.17 bits per heavy atom. The van der Waals surface area contributed by atoms with E-state index in [0.717, 1.165) is 6.42 Å². The van der Waals surface area contributed by atoms with Crippen molar-refractivity contribution in [2.45, 2.75) is 32.7 Å². The molecule has 0 aliphatic heterocycles. The summed E-state index contributed by atoms with van der Waals surface area (Å²) in [5.41, 5.74) is 0.621. The average molecular weight is 324 g/mol. The molecule has 0 saturated carbocycles. The minimum absolute atomic E-state index is 0.0468. The molecule has 1 rings (SSSR count). The number of hydrogen-bond donors (Lipinski definition) is 1. The number of hydrogen-bond acceptors (Lipinski definition) is 5. The second-order valence-electron chi connectivity index (χ2n) is 5.45. The SMILES string of the molecule is CCC(C)N(C)CCC(=O)Nc1cc(OC)c(OC)c(OC)c1. The Balaban J connectivity index is 2.75. The van der Waals surface area contributed by atoms with E-state index in [2.05, 4.69) is 24.1 Å². The summed E-state index contributed by atoms with van der Waals surface area (Å²) in [6, 6.07) is 3.90. The number of amides is 1. The fourth-order valence-electron chi connectivity index (χ4n) is 2.19. The van der Waals surface area contributed by atoms with Crippen molar-refractivity contribution in [3.8, 4) is 17.2 Å². The first kappa shape index (κ1) is 19.1. The topological polar surface area (TPSA) is 60.0 Å². The minimum atomic E-state index is -0.0468. The Hall–Kier alpha value is -1.95. The maximum absolute atomic E-state index is 12.1. The van der Waals surface area contributed by atoms with Gasteiger partial charge in [-0.3, -0.25) is 4.79 Å². The summed E-state index contributed by atoms with van der Waals surface area (Å²) in [6.45, 7) is 5.00. The summed E-state index contributed by atoms with van der Waals surface area (Å²) in [5.74, 6) is 1.48. The molecule has 23 heavy (non-hydrogen) atoms. The van der Waals surface area contributed by atoms with E-state index in [1.54, 1.807) is 33.5 Å². The lowest BCUT2D eigenvalue weighted by Crippen LogP contribution is -2.31. The molecule has 0 aliphatic carbocycles. The van der Waals surface area contributed by atoms with Crippen molar-refractivity contribution in [3.05, 3.63) is 12.1 Å². The monoisotopic (exact) mass is 324 g/mol. The summed E-state index contributed by atoms with van der Waals surface area (Å²) in [6.07, 6.45) is 1.49. The van der Waals surface area contributed by atoms with E-state index in [4.69, 9.17) is 14.2 Å². The molecule has 1 aromatic carbocycles. The van der Waals surface area contributed by atoms with E-state index in [9.17, 15) is 4.79 Å². The number of nitrogens with one attached hydrogen (secondary N) is 1. The Kier molecular flexibility index (Phi) is 7.68. The van der Waals surface area contributed by atoms with Gasteiger partial charge in [0.25, 0.3) is 0 Å². The highest BCUT2D eigenvalue weighted by Gasteiger charge is 2.15. The Morgan fingerprint density at radius 3 is 2.17 bits per heavy atom. The summed E-state index contributed by atoms with van der Waals surface area (Å²) < 4.78 is 15.8. The van der Waals surface area contributed by atoms with E-state index in [-0.39, 0.29) is 5.91 Å². The highest BCUT2D eigenvalue weighted by molar-refractivity contribution is 5.91. The first-order valence-corrected chi connectivity index (χ1v) is 7.76. The average Bonchev–Trinajstić information content (AvgIpc) is 2.57. The first-order valence-electron chi connectivity index (χ1n) is 7.76. The number of carbonyl (C=O) groups excluding carboxylic acids is 1. The molecule has 1 aromatic rings. The van der Waals surface area contributed by atoms with Gasteiger partial charge < -0.3 is 24.4 Å². The van der Waals surface area contributed by atoms with Crippen molar-refractivity contribution in [2.24, 2.45) is 0 Å². The van der Waals surface area contributed by atoms with E-state index in [1.165, 1.54) is 0 Å². The van der Waals surface area contributed by atoms with Gasteiger partial charge in [-0.15, -0.1) is 0 Å². The van der Waals surface area contributed by atoms with Crippen LogP contribution in [0.25, 0.3) is 0 Å². The second kappa shape index (κ2) is 9.25. The molecular formula is C17H28N2O4. The van der Waals surface area contributed by atoms with Crippen LogP contribution in [0.15, 0.2) is 12.1 Å². The lowest BCUT2D eigenvalue weighted by molar-refractivity contribution is -0.116. The smallest absolute Gasteiger partial charge is 0.225 e. The van der Waals surface area contributed by atoms with Gasteiger partial charge in [0.15, 0.2) is 11.5 Å². The van der Waals surface area contributed by atoms with E-state index < -0.39 is 0 Å². The van der Waals surface area contributed by atoms with Gasteiger partial charge in [-0.2, -0.15) is 0 Å². The van der Waals surface area contributed by atoms with Crippen LogP contribution in [0.3, 0.4) is 0 Å². The number of ether oxygens (including phenoxy) is 3. The fourth-order valence-corrected chi connectivity index (χ4v) is 2.19. The zero-order chi connectivity index (χ0) is 17.4. The van der Waals surface area contributed by atoms with Gasteiger partial charge in [-0.25, -0.2) is 0 Å². The van der Waals surface area contributed by atoms with Gasteiger partial charge in [-0.1, -0.05) is 6.92 Å². The highest BCUT2D eigenvalue weighted by Crippen LogP contribution is 2.39. The van der Waals surface area contributed by atoms with Crippen molar-refractivity contribution >= 4 is 11.6 Å². The third-order valence-electron chi connectivity index (χ3n) is 3.98. The largest absolute Gasteiger partial charge is 0.493 e. The lowest BCUT2D eigenvalue weighted by Gasteiger charge is -2.23. The van der Waals surface area contributed by atoms with Crippen molar-refractivity contribution < 1.29 is 19.0 Å². The van der Waals surface area contributed by atoms with Gasteiger partial charge >= 0.3 is 0 Å². The number of benzene rings is 1. The zero-order valence-corrected chi connectivity index (χ0v) is 14.9. The fraction of sp³-hybridized carbons (Fsp3) is 0.588. The number of carbonyl (C=O) groups is 1. The Labute approximate surface area is 138 Å². The van der Waals surface area contributed by atoms with Crippen LogP contribution in [0.1, 0.15) is 26.7 Å². The second-order valence-corrected chi connectivity index (χ2v) is 5.45. The maximum atomic E-state index is 12.1. The Bertz CT molecular complexity index is 494. The molecule has 130 valence electrons. The van der Waals surface area contributed by atoms with E-state index in [0.29, 0.717) is 41.9 Å². The molecule has 0 saturated heterocycles. The predicted octanol–water partition coefficient (Wildman–Crippen LogP) is 2.77. The minimum Gasteiger partial charge on any atom is -0.493 e. The van der Waals surface area contributed by atoms with Crippen molar-refractivity contribution in [3.63, 3.8) is 0 Å². The van der Waals surface area contributed by atoms with Gasteiger partial charge in [0.1, 0.15) is 0 Å². The molecule has 0 fully saturated rings. The number of methoxy groups -OCH3 is 3. The molecule has 0 heterocycles. The van der Waals surface area contributed by atoms with Crippen LogP contribution in [0.4, 0.5) is 5.69 Å². The summed E-state index contributed by atoms with van der Waals surface area (Å²) >= 11 is 0. The molecule has 0 radical (unpaired) electrons. The van der Waals surface area contributed by atoms with Crippen LogP contribution in [0, 0.1) is 0 Å². The Morgan fingerprint density at radius 2 is 1.74 bits per heavy atom. The quantitative estimate of drug-likeness (QED) is 0.757. The van der Waals surface area contributed by atoms with Crippen LogP contribution in [-0.2, 0) is 4.79 Å². The van der Waals surface area contributed by atoms with E-state index >= 15 is 0 Å². The van der Waals surface area contributed by atoms with Crippen LogP contribution < -0.4 is 19.5 Å². The molecule has 1 N–H and O–H groups in total. The molecule has 1 amide bonds. The van der Waals surface area contributed by atoms with Crippen LogP contribution in [-0.4, -0.2) is 51.8 Å².